The van der Waals surface area contributed by atoms with Gasteiger partial charge in [-0.2, -0.15) is 0 Å². The van der Waals surface area contributed by atoms with Gasteiger partial charge in [0.1, 0.15) is 0 Å². The molecule has 1 aliphatic heterocycles. The maximum atomic E-state index is 13.9. The predicted molar refractivity (Wildman–Crippen MR) is 145 cm³/mol. The summed E-state index contributed by atoms with van der Waals surface area (Å²) in [6.45, 7) is 4.25. The molecular weight excluding hydrogens is 502 g/mol. The Bertz CT molecular complexity index is 1320. The molecule has 0 amide bonds. The van der Waals surface area contributed by atoms with Gasteiger partial charge in [-0.15, -0.1) is 0 Å². The zero-order valence-corrected chi connectivity index (χ0v) is 23.4. The summed E-state index contributed by atoms with van der Waals surface area (Å²) >= 11 is 0. The molecule has 1 heterocycles. The summed E-state index contributed by atoms with van der Waals surface area (Å²) in [5, 5.41) is 3.35. The van der Waals surface area contributed by atoms with E-state index in [1.807, 2.05) is 32.0 Å². The number of rotatable bonds is 9. The van der Waals surface area contributed by atoms with Crippen LogP contribution in [0.2, 0.25) is 0 Å². The molecule has 0 spiro atoms. The molecule has 9 nitrogen and oxygen atoms in total. The first-order valence-corrected chi connectivity index (χ1v) is 12.7. The molecule has 1 aliphatic carbocycles. The molecule has 1 N–H and O–H groups in total. The summed E-state index contributed by atoms with van der Waals surface area (Å²) in [6, 6.07) is 9.32. The lowest BCUT2D eigenvalue weighted by atomic mass is 9.71. The number of esters is 1. The van der Waals surface area contributed by atoms with Gasteiger partial charge in [0.05, 0.1) is 47.7 Å². The number of allylic oxidation sites excluding steroid dienone is 3. The second-order valence-electron chi connectivity index (χ2n) is 9.31. The molecule has 39 heavy (non-hydrogen) atoms. The minimum Gasteiger partial charge on any atom is -0.493 e. The SMILES string of the molecule is CCOc1ccc([C@H]2CC(=O)C3=C(C2)NC(C)=C(C(=O)OC)[C@H]3c2cc(OC)c(OC)c(OC)c2)cc1OC. The minimum absolute atomic E-state index is 0.0609. The van der Waals surface area contributed by atoms with E-state index < -0.39 is 11.9 Å². The molecule has 0 unspecified atom stereocenters. The number of Topliss-reactive ketones (excluding diaryl/α,β-unsaturated/α-hetero) is 1. The lowest BCUT2D eigenvalue weighted by Gasteiger charge is -2.37. The van der Waals surface area contributed by atoms with Crippen LogP contribution in [-0.4, -0.2) is 53.9 Å². The van der Waals surface area contributed by atoms with E-state index in [1.54, 1.807) is 19.2 Å². The smallest absolute Gasteiger partial charge is 0.336 e. The van der Waals surface area contributed by atoms with E-state index in [-0.39, 0.29) is 18.1 Å². The van der Waals surface area contributed by atoms with Crippen molar-refractivity contribution >= 4 is 11.8 Å². The summed E-state index contributed by atoms with van der Waals surface area (Å²) in [5.41, 5.74) is 3.92. The number of hydrogen-bond acceptors (Lipinski definition) is 9. The van der Waals surface area contributed by atoms with Gasteiger partial charge in [-0.3, -0.25) is 4.79 Å². The molecule has 0 radical (unpaired) electrons. The highest BCUT2D eigenvalue weighted by molar-refractivity contribution is 6.04. The topological polar surface area (TPSA) is 102 Å². The summed E-state index contributed by atoms with van der Waals surface area (Å²) < 4.78 is 33.0. The number of ketones is 1. The van der Waals surface area contributed by atoms with Crippen LogP contribution in [0.5, 0.6) is 28.7 Å². The van der Waals surface area contributed by atoms with Crippen molar-refractivity contribution in [3.63, 3.8) is 0 Å². The third-order valence-corrected chi connectivity index (χ3v) is 7.21. The van der Waals surface area contributed by atoms with E-state index in [4.69, 9.17) is 28.4 Å². The Morgan fingerprint density at radius 3 is 2.08 bits per heavy atom. The van der Waals surface area contributed by atoms with Gasteiger partial charge in [0.15, 0.2) is 28.8 Å². The van der Waals surface area contributed by atoms with E-state index in [0.717, 1.165) is 11.3 Å². The number of dihydropyridines is 1. The molecule has 0 saturated carbocycles. The summed E-state index contributed by atoms with van der Waals surface area (Å²) in [6.07, 6.45) is 0.844. The van der Waals surface area contributed by atoms with Crippen LogP contribution in [0.4, 0.5) is 0 Å². The maximum Gasteiger partial charge on any atom is 0.336 e. The lowest BCUT2D eigenvalue weighted by molar-refractivity contribution is -0.136. The highest BCUT2D eigenvalue weighted by Gasteiger charge is 2.42. The van der Waals surface area contributed by atoms with Gasteiger partial charge in [0.2, 0.25) is 5.75 Å². The predicted octanol–water partition coefficient (Wildman–Crippen LogP) is 4.65. The molecule has 9 heteroatoms. The molecule has 2 aromatic rings. The monoisotopic (exact) mass is 537 g/mol. The Morgan fingerprint density at radius 2 is 1.51 bits per heavy atom. The van der Waals surface area contributed by atoms with Crippen LogP contribution in [0.1, 0.15) is 49.7 Å². The maximum absolute atomic E-state index is 13.9. The highest BCUT2D eigenvalue weighted by atomic mass is 16.5. The fraction of sp³-hybridized carbons (Fsp3) is 0.400. The fourth-order valence-corrected chi connectivity index (χ4v) is 5.47. The van der Waals surface area contributed by atoms with Gasteiger partial charge >= 0.3 is 5.97 Å². The van der Waals surface area contributed by atoms with Gasteiger partial charge in [-0.25, -0.2) is 4.79 Å². The summed E-state index contributed by atoms with van der Waals surface area (Å²) in [5.74, 6) is 1.22. The fourth-order valence-electron chi connectivity index (χ4n) is 5.47. The Labute approximate surface area is 228 Å². The normalized spacial score (nSPS) is 18.7. The van der Waals surface area contributed by atoms with Crippen LogP contribution in [-0.2, 0) is 14.3 Å². The van der Waals surface area contributed by atoms with Crippen molar-refractivity contribution in [1.82, 2.24) is 5.32 Å². The Hall–Kier alpha value is -4.14. The number of nitrogens with one attached hydrogen (secondary N) is 1. The molecule has 4 rings (SSSR count). The average Bonchev–Trinajstić information content (AvgIpc) is 2.95. The number of carbonyl (C=O) groups is 2. The van der Waals surface area contributed by atoms with Crippen LogP contribution in [0, 0.1) is 0 Å². The minimum atomic E-state index is -0.675. The number of ether oxygens (including phenoxy) is 6. The number of carbonyl (C=O) groups excluding carboxylic acids is 2. The van der Waals surface area contributed by atoms with Crippen molar-refractivity contribution in [2.24, 2.45) is 0 Å². The second kappa shape index (κ2) is 11.7. The number of methoxy groups -OCH3 is 5. The first-order valence-electron chi connectivity index (χ1n) is 12.7. The molecule has 2 atom stereocenters. The first-order chi connectivity index (χ1) is 18.8. The molecule has 2 aliphatic rings. The van der Waals surface area contributed by atoms with Crippen molar-refractivity contribution in [2.45, 2.75) is 38.5 Å². The molecular formula is C30H35NO8. The zero-order valence-electron chi connectivity index (χ0n) is 23.4. The summed E-state index contributed by atoms with van der Waals surface area (Å²) in [4.78, 5) is 26.9. The third-order valence-electron chi connectivity index (χ3n) is 7.21. The number of hydrogen-bond donors (Lipinski definition) is 1. The van der Waals surface area contributed by atoms with E-state index in [0.29, 0.717) is 64.2 Å². The number of benzene rings is 2. The van der Waals surface area contributed by atoms with E-state index >= 15 is 0 Å². The van der Waals surface area contributed by atoms with Crippen molar-refractivity contribution in [2.75, 3.05) is 42.2 Å². The van der Waals surface area contributed by atoms with Crippen LogP contribution in [0.25, 0.3) is 0 Å². The Morgan fingerprint density at radius 1 is 0.872 bits per heavy atom. The first kappa shape index (κ1) is 27.9. The van der Waals surface area contributed by atoms with Gasteiger partial charge in [-0.05, 0) is 61.6 Å². The van der Waals surface area contributed by atoms with Crippen molar-refractivity contribution in [3.8, 4) is 28.7 Å². The Kier molecular flexibility index (Phi) is 8.38. The van der Waals surface area contributed by atoms with Crippen molar-refractivity contribution < 1.29 is 38.0 Å². The summed E-state index contributed by atoms with van der Waals surface area (Å²) in [7, 11) is 7.50. The molecule has 0 aromatic heterocycles. The quantitative estimate of drug-likeness (QED) is 0.458. The van der Waals surface area contributed by atoms with Gasteiger partial charge in [-0.1, -0.05) is 6.07 Å². The molecule has 0 fully saturated rings. The van der Waals surface area contributed by atoms with Crippen LogP contribution in [0.15, 0.2) is 52.9 Å². The van der Waals surface area contributed by atoms with Crippen molar-refractivity contribution in [3.05, 3.63) is 64.0 Å². The van der Waals surface area contributed by atoms with Gasteiger partial charge in [0, 0.05) is 29.3 Å². The molecule has 208 valence electrons. The van der Waals surface area contributed by atoms with Crippen molar-refractivity contribution in [1.29, 1.82) is 0 Å². The second-order valence-corrected chi connectivity index (χ2v) is 9.31. The van der Waals surface area contributed by atoms with Crippen LogP contribution in [0.3, 0.4) is 0 Å². The van der Waals surface area contributed by atoms with E-state index in [1.165, 1.54) is 28.4 Å². The molecule has 0 bridgehead atoms. The largest absolute Gasteiger partial charge is 0.493 e. The molecule has 2 aromatic carbocycles. The lowest BCUT2D eigenvalue weighted by Crippen LogP contribution is -2.36. The van der Waals surface area contributed by atoms with E-state index in [2.05, 4.69) is 5.32 Å². The Balaban J connectivity index is 1.83. The zero-order chi connectivity index (χ0) is 28.3. The highest BCUT2D eigenvalue weighted by Crippen LogP contribution is 2.49. The van der Waals surface area contributed by atoms with Crippen LogP contribution < -0.4 is 29.0 Å². The standard InChI is InChI=1S/C30H35NO8/c1-8-39-22-10-9-17(13-23(22)34-3)18-11-20-28(21(32)12-18)27(26(16(2)31-20)30(33)38-7)19-14-24(35-4)29(37-6)25(15-19)36-5/h9-10,13-15,18,27,31H,8,11-12H2,1-7H3/t18-,27-/m1/s1. The third kappa shape index (κ3) is 5.13. The molecule has 0 saturated heterocycles. The van der Waals surface area contributed by atoms with Gasteiger partial charge in [0.25, 0.3) is 0 Å². The van der Waals surface area contributed by atoms with Gasteiger partial charge < -0.3 is 33.7 Å². The average molecular weight is 538 g/mol. The van der Waals surface area contributed by atoms with E-state index in [9.17, 15) is 9.59 Å². The van der Waals surface area contributed by atoms with Crippen LogP contribution >= 0.6 is 0 Å².